The molecule has 14 heteroatoms. The van der Waals surface area contributed by atoms with Crippen molar-refractivity contribution < 1.29 is 0 Å². The van der Waals surface area contributed by atoms with Gasteiger partial charge in [0.2, 0.25) is 0 Å². The maximum Gasteiger partial charge on any atom is 0.151 e. The van der Waals surface area contributed by atoms with Crippen LogP contribution in [0.15, 0.2) is 165 Å². The summed E-state index contributed by atoms with van der Waals surface area (Å²) in [5, 5.41) is 4.23. The molecule has 14 nitrogen and oxygen atoms in total. The molecule has 0 N–H and O–H groups in total. The summed E-state index contributed by atoms with van der Waals surface area (Å²) in [5.74, 6) is 3.02. The van der Waals surface area contributed by atoms with Crippen LogP contribution in [-0.4, -0.2) is 74.3 Å². The fourth-order valence-corrected chi connectivity index (χ4v) is 8.92. The normalized spacial score (nSPS) is 12.4. The molecule has 0 spiro atoms. The van der Waals surface area contributed by atoms with Crippen LogP contribution in [0.25, 0.3) is 33.8 Å². The van der Waals surface area contributed by atoms with E-state index in [-0.39, 0.29) is 0 Å². The van der Waals surface area contributed by atoms with Gasteiger partial charge in [-0.15, -0.1) is 0 Å². The second-order valence-electron chi connectivity index (χ2n) is 17.4. The lowest BCUT2D eigenvalue weighted by Crippen LogP contribution is -2.30. The number of nitrogens with zero attached hydrogens (tertiary/aromatic N) is 14. The van der Waals surface area contributed by atoms with E-state index in [4.69, 9.17) is 15.0 Å². The Kier molecular flexibility index (Phi) is 26.9. The summed E-state index contributed by atoms with van der Waals surface area (Å²) in [6.45, 7) is 25.7. The summed E-state index contributed by atoms with van der Waals surface area (Å²) in [4.78, 5) is 47.8. The standard InChI is InChI=1S/C19H18N4.C18H19N5.C18H17N5.5C2H6/c1-2-6-15(7-3-1)14-23-11-5-9-17-19(23)22-18(13-21-17)16-8-4-10-20-12-16;1-22-13-15(10-20-22)17-11-19-16-8-5-9-23(18(16)21-17)12-14-6-3-2-4-7-14;1-2-5-14(6-3-1)12-23-8-4-7-16-18(23)22-17(11-21-16)15-9-19-13-20-10-15;5*1-2/h1-4,6-8,10,12-13H,5,9,11,14H2;2-4,6-7,10-11,13H,5,8-9,12H2,1H3;1-3,5-6,9-11,13H,4,7-8,12H2;5*1-2H3. The topological polar surface area (TPSA) is 144 Å². The maximum atomic E-state index is 4.88. The summed E-state index contributed by atoms with van der Waals surface area (Å²) in [6.07, 6.45) is 24.4. The first-order chi connectivity index (χ1) is 39.1. The molecule has 0 saturated carbocycles. The summed E-state index contributed by atoms with van der Waals surface area (Å²) < 4.78 is 1.79. The Balaban J connectivity index is 0.000000202. The molecule has 9 heterocycles. The van der Waals surface area contributed by atoms with Crippen molar-refractivity contribution in [2.24, 2.45) is 7.05 Å². The average Bonchev–Trinajstić information content (AvgIpc) is 4.02. The third kappa shape index (κ3) is 17.9. The molecular weight excluding hydrogens is 977 g/mol. The number of hydrogen-bond donors (Lipinski definition) is 0. The predicted molar refractivity (Wildman–Crippen MR) is 327 cm³/mol. The Labute approximate surface area is 471 Å². The van der Waals surface area contributed by atoms with Gasteiger partial charge in [0.05, 0.1) is 59.0 Å². The van der Waals surface area contributed by atoms with Crippen LogP contribution in [0.2, 0.25) is 0 Å². The molecule has 3 aliphatic rings. The second-order valence-corrected chi connectivity index (χ2v) is 17.4. The van der Waals surface area contributed by atoms with Crippen molar-refractivity contribution in [3.05, 3.63) is 199 Å². The van der Waals surface area contributed by atoms with E-state index in [1.54, 1.807) is 23.3 Å². The Morgan fingerprint density at radius 1 is 0.380 bits per heavy atom. The Hall–Kier alpha value is -8.26. The molecule has 0 atom stereocenters. The number of hydrogen-bond acceptors (Lipinski definition) is 13. The molecule has 0 bridgehead atoms. The molecule has 414 valence electrons. The van der Waals surface area contributed by atoms with Crippen molar-refractivity contribution in [1.29, 1.82) is 0 Å². The fraction of sp³-hybridized carbons (Fsp3) is 0.354. The molecule has 0 fully saturated rings. The minimum Gasteiger partial charge on any atom is -0.351 e. The van der Waals surface area contributed by atoms with Gasteiger partial charge < -0.3 is 14.7 Å². The van der Waals surface area contributed by atoms with Crippen LogP contribution in [0.4, 0.5) is 17.5 Å². The lowest BCUT2D eigenvalue weighted by Gasteiger charge is -2.29. The lowest BCUT2D eigenvalue weighted by atomic mass is 10.1. The Bertz CT molecular complexity index is 2910. The zero-order valence-electron chi connectivity index (χ0n) is 48.8. The van der Waals surface area contributed by atoms with Crippen LogP contribution in [-0.2, 0) is 45.9 Å². The van der Waals surface area contributed by atoms with E-state index >= 15 is 0 Å². The van der Waals surface area contributed by atoms with Gasteiger partial charge in [-0.3, -0.25) is 24.6 Å². The van der Waals surface area contributed by atoms with Crippen LogP contribution in [0.3, 0.4) is 0 Å². The monoisotopic (exact) mass is 1060 g/mol. The summed E-state index contributed by atoms with van der Waals surface area (Å²) in [5.41, 5.74) is 12.7. The highest BCUT2D eigenvalue weighted by molar-refractivity contribution is 5.63. The average molecular weight is 1060 g/mol. The molecule has 3 aliphatic heterocycles. The SMILES string of the molecule is CC.CC.CC.CC.CC.Cn1cc(-c2cnc3c(n2)N(Cc2ccccc2)CCC3)cn1.c1ccc(CN2CCCc3ncc(-c4cccnc4)nc32)cc1.c1ccc(CN2CCCc3ncc(-c4cncnc4)nc32)cc1. The number of pyridine rings is 1. The van der Waals surface area contributed by atoms with E-state index in [1.807, 2.05) is 144 Å². The molecule has 0 amide bonds. The van der Waals surface area contributed by atoms with Gasteiger partial charge >= 0.3 is 0 Å². The number of aryl methyl sites for hydroxylation is 4. The van der Waals surface area contributed by atoms with Gasteiger partial charge in [-0.25, -0.2) is 24.9 Å². The van der Waals surface area contributed by atoms with Crippen molar-refractivity contribution in [1.82, 2.24) is 54.6 Å². The summed E-state index contributed by atoms with van der Waals surface area (Å²) in [7, 11) is 1.91. The first-order valence-corrected chi connectivity index (χ1v) is 28.7. The van der Waals surface area contributed by atoms with Gasteiger partial charge in [0.25, 0.3) is 0 Å². The largest absolute Gasteiger partial charge is 0.351 e. The van der Waals surface area contributed by atoms with Crippen LogP contribution < -0.4 is 14.7 Å². The molecule has 6 aromatic heterocycles. The molecule has 0 aliphatic carbocycles. The predicted octanol–water partition coefficient (Wildman–Crippen LogP) is 14.3. The van der Waals surface area contributed by atoms with Crippen molar-refractivity contribution in [2.45, 2.75) is 127 Å². The summed E-state index contributed by atoms with van der Waals surface area (Å²) in [6, 6.07) is 35.5. The van der Waals surface area contributed by atoms with Gasteiger partial charge in [0.1, 0.15) is 6.33 Å². The number of benzene rings is 3. The molecule has 12 rings (SSSR count). The number of aromatic nitrogens is 11. The minimum atomic E-state index is 0.823. The highest BCUT2D eigenvalue weighted by atomic mass is 15.2. The number of fused-ring (bicyclic) bond motifs is 3. The van der Waals surface area contributed by atoms with Gasteiger partial charge in [0.15, 0.2) is 17.5 Å². The van der Waals surface area contributed by atoms with Gasteiger partial charge in [-0.1, -0.05) is 160 Å². The molecule has 3 aromatic carbocycles. The molecule has 79 heavy (non-hydrogen) atoms. The zero-order valence-corrected chi connectivity index (χ0v) is 48.8. The van der Waals surface area contributed by atoms with Gasteiger partial charge in [-0.05, 0) is 67.3 Å². The van der Waals surface area contributed by atoms with E-state index in [2.05, 4.69) is 122 Å². The highest BCUT2D eigenvalue weighted by Gasteiger charge is 2.23. The van der Waals surface area contributed by atoms with E-state index in [1.165, 1.54) is 23.0 Å². The summed E-state index contributed by atoms with van der Waals surface area (Å²) >= 11 is 0. The first-order valence-electron chi connectivity index (χ1n) is 28.7. The third-order valence-electron chi connectivity index (χ3n) is 12.4. The van der Waals surface area contributed by atoms with Crippen LogP contribution >= 0.6 is 0 Å². The van der Waals surface area contributed by atoms with Crippen LogP contribution in [0.5, 0.6) is 0 Å². The second kappa shape index (κ2) is 34.5. The van der Waals surface area contributed by atoms with Gasteiger partial charge in [-0.2, -0.15) is 5.10 Å². The van der Waals surface area contributed by atoms with Crippen molar-refractivity contribution in [3.63, 3.8) is 0 Å². The van der Waals surface area contributed by atoms with E-state index in [0.717, 1.165) is 146 Å². The molecule has 0 saturated heterocycles. The first kappa shape index (κ1) is 61.6. The van der Waals surface area contributed by atoms with Crippen LogP contribution in [0, 0.1) is 0 Å². The van der Waals surface area contributed by atoms with Gasteiger partial charge in [0, 0.05) is 94.0 Å². The fourth-order valence-electron chi connectivity index (χ4n) is 8.92. The van der Waals surface area contributed by atoms with Crippen molar-refractivity contribution in [3.8, 4) is 33.8 Å². The molecule has 9 aromatic rings. The van der Waals surface area contributed by atoms with E-state index < -0.39 is 0 Å². The maximum absolute atomic E-state index is 4.88. The zero-order chi connectivity index (χ0) is 56.6. The third-order valence-corrected chi connectivity index (χ3v) is 12.4. The van der Waals surface area contributed by atoms with E-state index in [9.17, 15) is 0 Å². The van der Waals surface area contributed by atoms with Crippen molar-refractivity contribution >= 4 is 17.5 Å². The quantitative estimate of drug-likeness (QED) is 0.135. The molecular formula is C65H84N14. The highest BCUT2D eigenvalue weighted by Crippen LogP contribution is 2.31. The lowest BCUT2D eigenvalue weighted by molar-refractivity contribution is 0.664. The molecule has 0 radical (unpaired) electrons. The number of anilines is 3. The van der Waals surface area contributed by atoms with Crippen LogP contribution in [0.1, 0.15) is 122 Å². The Morgan fingerprint density at radius 3 is 1.10 bits per heavy atom. The number of rotatable bonds is 9. The van der Waals surface area contributed by atoms with E-state index in [0.29, 0.717) is 0 Å². The molecule has 0 unspecified atom stereocenters. The van der Waals surface area contributed by atoms with Crippen molar-refractivity contribution in [2.75, 3.05) is 34.3 Å². The smallest absolute Gasteiger partial charge is 0.151 e. The Morgan fingerprint density at radius 2 is 0.747 bits per heavy atom. The minimum absolute atomic E-state index is 0.823.